The Balaban J connectivity index is 2.34. The first kappa shape index (κ1) is 15.3. The molecule has 0 aromatic rings. The Morgan fingerprint density at radius 3 is 2.28 bits per heavy atom. The van der Waals surface area contributed by atoms with E-state index < -0.39 is 17.8 Å². The Morgan fingerprint density at radius 2 is 1.89 bits per heavy atom. The minimum atomic E-state index is -4.20. The summed E-state index contributed by atoms with van der Waals surface area (Å²) in [6.07, 6.45) is -3.60. The molecule has 106 valence electrons. The Morgan fingerprint density at radius 1 is 1.28 bits per heavy atom. The van der Waals surface area contributed by atoms with Gasteiger partial charge in [0, 0.05) is 6.42 Å². The second kappa shape index (κ2) is 5.47. The first-order valence-corrected chi connectivity index (χ1v) is 6.10. The summed E-state index contributed by atoms with van der Waals surface area (Å²) >= 11 is 0. The number of halogens is 3. The van der Waals surface area contributed by atoms with Gasteiger partial charge in [-0.15, -0.1) is 0 Å². The van der Waals surface area contributed by atoms with Gasteiger partial charge in [-0.25, -0.2) is 0 Å². The number of piperidine rings is 1. The molecule has 18 heavy (non-hydrogen) atoms. The van der Waals surface area contributed by atoms with Gasteiger partial charge in [0.15, 0.2) is 0 Å². The van der Waals surface area contributed by atoms with Crippen molar-refractivity contribution in [3.8, 4) is 0 Å². The predicted molar refractivity (Wildman–Crippen MR) is 61.0 cm³/mol. The van der Waals surface area contributed by atoms with Crippen LogP contribution in [0.5, 0.6) is 0 Å². The molecule has 1 aliphatic heterocycles. The first-order chi connectivity index (χ1) is 8.08. The van der Waals surface area contributed by atoms with Crippen LogP contribution >= 0.6 is 0 Å². The van der Waals surface area contributed by atoms with Crippen LogP contribution in [0.2, 0.25) is 0 Å². The minimum Gasteiger partial charge on any atom is -0.460 e. The van der Waals surface area contributed by atoms with E-state index in [-0.39, 0.29) is 31.3 Å². The fraction of sp³-hybridized carbons (Fsp3) is 0.917. The summed E-state index contributed by atoms with van der Waals surface area (Å²) < 4.78 is 42.3. The quantitative estimate of drug-likeness (QED) is 0.782. The lowest BCUT2D eigenvalue weighted by atomic mass is 9.92. The predicted octanol–water partition coefficient (Wildman–Crippen LogP) is 2.65. The number of carbonyl (C=O) groups is 1. The van der Waals surface area contributed by atoms with Crippen LogP contribution in [0, 0.1) is 5.92 Å². The second-order valence-electron chi connectivity index (χ2n) is 5.74. The minimum absolute atomic E-state index is 0.0248. The van der Waals surface area contributed by atoms with E-state index in [2.05, 4.69) is 5.32 Å². The molecule has 0 unspecified atom stereocenters. The molecule has 0 bridgehead atoms. The van der Waals surface area contributed by atoms with Gasteiger partial charge in [0.25, 0.3) is 0 Å². The number of hydrogen-bond donors (Lipinski definition) is 1. The molecular formula is C12H20F3NO2. The molecule has 1 fully saturated rings. The van der Waals surface area contributed by atoms with Gasteiger partial charge in [0.2, 0.25) is 0 Å². The third kappa shape index (κ3) is 5.25. The molecule has 0 aliphatic carbocycles. The summed E-state index contributed by atoms with van der Waals surface area (Å²) in [5.74, 6) is -0.418. The van der Waals surface area contributed by atoms with E-state index in [4.69, 9.17) is 4.74 Å². The van der Waals surface area contributed by atoms with Crippen molar-refractivity contribution >= 4 is 5.97 Å². The van der Waals surface area contributed by atoms with Crippen LogP contribution in [0.15, 0.2) is 0 Å². The third-order valence-corrected chi connectivity index (χ3v) is 2.79. The van der Waals surface area contributed by atoms with Gasteiger partial charge < -0.3 is 10.1 Å². The van der Waals surface area contributed by atoms with E-state index in [1.165, 1.54) is 0 Å². The molecule has 0 spiro atoms. The van der Waals surface area contributed by atoms with Crippen molar-refractivity contribution < 1.29 is 22.7 Å². The van der Waals surface area contributed by atoms with Gasteiger partial charge in [-0.2, -0.15) is 13.2 Å². The van der Waals surface area contributed by atoms with E-state index in [0.29, 0.717) is 6.42 Å². The molecule has 1 aliphatic rings. The topological polar surface area (TPSA) is 38.3 Å². The maximum atomic E-state index is 12.4. The van der Waals surface area contributed by atoms with Gasteiger partial charge in [0.1, 0.15) is 11.6 Å². The van der Waals surface area contributed by atoms with Crippen LogP contribution in [0.3, 0.4) is 0 Å². The summed E-state index contributed by atoms with van der Waals surface area (Å²) in [6.45, 7) is 5.51. The number of ether oxygens (including phenoxy) is 1. The van der Waals surface area contributed by atoms with Crippen LogP contribution < -0.4 is 5.32 Å². The number of alkyl halides is 3. The standard InChI is InChI=1S/C12H20F3NO2/c1-11(2,3)18-10(17)6-8-4-5-9(16-7-8)12(13,14)15/h8-9,16H,4-7H2,1-3H3/t8-,9+/m1/s1. The zero-order valence-corrected chi connectivity index (χ0v) is 10.9. The Labute approximate surface area is 105 Å². The highest BCUT2D eigenvalue weighted by atomic mass is 19.4. The number of rotatable bonds is 2. The zero-order valence-electron chi connectivity index (χ0n) is 10.9. The lowest BCUT2D eigenvalue weighted by molar-refractivity contribution is -0.164. The molecule has 0 aromatic heterocycles. The zero-order chi connectivity index (χ0) is 14.0. The first-order valence-electron chi connectivity index (χ1n) is 6.10. The van der Waals surface area contributed by atoms with Crippen molar-refractivity contribution in [2.24, 2.45) is 5.92 Å². The van der Waals surface area contributed by atoms with Crippen LogP contribution in [-0.2, 0) is 9.53 Å². The van der Waals surface area contributed by atoms with Gasteiger partial charge in [0.05, 0.1) is 0 Å². The fourth-order valence-corrected chi connectivity index (χ4v) is 1.99. The average molecular weight is 267 g/mol. The van der Waals surface area contributed by atoms with Crippen LogP contribution in [-0.4, -0.2) is 30.3 Å². The van der Waals surface area contributed by atoms with Crippen molar-refractivity contribution in [1.82, 2.24) is 5.32 Å². The summed E-state index contributed by atoms with van der Waals surface area (Å²) in [4.78, 5) is 11.5. The van der Waals surface area contributed by atoms with Gasteiger partial charge in [-0.05, 0) is 46.1 Å². The fourth-order valence-electron chi connectivity index (χ4n) is 1.99. The molecule has 2 atom stereocenters. The SMILES string of the molecule is CC(C)(C)OC(=O)C[C@H]1CC[C@@H](C(F)(F)F)NC1. The highest BCUT2D eigenvalue weighted by Crippen LogP contribution is 2.29. The van der Waals surface area contributed by atoms with Crippen LogP contribution in [0.25, 0.3) is 0 Å². The van der Waals surface area contributed by atoms with E-state index in [0.717, 1.165) is 0 Å². The molecule has 0 aromatic carbocycles. The number of esters is 1. The normalized spacial score (nSPS) is 25.9. The molecule has 1 saturated heterocycles. The van der Waals surface area contributed by atoms with Gasteiger partial charge >= 0.3 is 12.1 Å². The summed E-state index contributed by atoms with van der Waals surface area (Å²) in [5, 5.41) is 2.44. The Hall–Kier alpha value is -0.780. The summed E-state index contributed by atoms with van der Waals surface area (Å²) in [5.41, 5.74) is -0.548. The molecule has 6 heteroatoms. The number of hydrogen-bond acceptors (Lipinski definition) is 3. The Kier molecular flexibility index (Phi) is 4.64. The summed E-state index contributed by atoms with van der Waals surface area (Å²) in [6, 6.07) is -1.44. The largest absolute Gasteiger partial charge is 0.460 e. The molecule has 0 radical (unpaired) electrons. The van der Waals surface area contributed by atoms with Crippen molar-refractivity contribution in [3.05, 3.63) is 0 Å². The highest BCUT2D eigenvalue weighted by Gasteiger charge is 2.41. The van der Waals surface area contributed by atoms with Gasteiger partial charge in [-0.3, -0.25) is 4.79 Å². The maximum Gasteiger partial charge on any atom is 0.403 e. The number of carbonyl (C=O) groups excluding carboxylic acids is 1. The number of nitrogens with one attached hydrogen (secondary N) is 1. The monoisotopic (exact) mass is 267 g/mol. The molecule has 0 amide bonds. The average Bonchev–Trinajstić information content (AvgIpc) is 2.13. The molecule has 1 N–H and O–H groups in total. The van der Waals surface area contributed by atoms with Gasteiger partial charge in [-0.1, -0.05) is 0 Å². The second-order valence-corrected chi connectivity index (χ2v) is 5.74. The van der Waals surface area contributed by atoms with Crippen molar-refractivity contribution in [2.45, 2.75) is 57.9 Å². The summed E-state index contributed by atoms with van der Waals surface area (Å²) in [7, 11) is 0. The van der Waals surface area contributed by atoms with Crippen LogP contribution in [0.4, 0.5) is 13.2 Å². The highest BCUT2D eigenvalue weighted by molar-refractivity contribution is 5.70. The van der Waals surface area contributed by atoms with Crippen LogP contribution in [0.1, 0.15) is 40.0 Å². The lowest BCUT2D eigenvalue weighted by Gasteiger charge is -2.31. The van der Waals surface area contributed by atoms with E-state index in [1.54, 1.807) is 20.8 Å². The van der Waals surface area contributed by atoms with E-state index in [9.17, 15) is 18.0 Å². The van der Waals surface area contributed by atoms with Crippen molar-refractivity contribution in [1.29, 1.82) is 0 Å². The maximum absolute atomic E-state index is 12.4. The molecule has 1 rings (SSSR count). The van der Waals surface area contributed by atoms with Crippen molar-refractivity contribution in [3.63, 3.8) is 0 Å². The van der Waals surface area contributed by atoms with E-state index >= 15 is 0 Å². The third-order valence-electron chi connectivity index (χ3n) is 2.79. The molecular weight excluding hydrogens is 247 g/mol. The Bertz CT molecular complexity index is 289. The molecule has 1 heterocycles. The molecule has 0 saturated carbocycles. The molecule has 3 nitrogen and oxygen atoms in total. The van der Waals surface area contributed by atoms with Crippen molar-refractivity contribution in [2.75, 3.05) is 6.54 Å². The smallest absolute Gasteiger partial charge is 0.403 e. The van der Waals surface area contributed by atoms with E-state index in [1.807, 2.05) is 0 Å². The lowest BCUT2D eigenvalue weighted by Crippen LogP contribution is -2.48.